The summed E-state index contributed by atoms with van der Waals surface area (Å²) in [6, 6.07) is 0.856. The van der Waals surface area contributed by atoms with Crippen LogP contribution in [-0.4, -0.2) is 50.3 Å². The first-order valence-corrected chi connectivity index (χ1v) is 7.41. The lowest BCUT2D eigenvalue weighted by Gasteiger charge is -2.23. The van der Waals surface area contributed by atoms with E-state index in [2.05, 4.69) is 24.1 Å². The molecule has 102 valence electrons. The third-order valence-electron chi connectivity index (χ3n) is 3.64. The summed E-state index contributed by atoms with van der Waals surface area (Å²) < 4.78 is 5.31. The number of likely N-dealkylation sites (tertiary alicyclic amines) is 1. The summed E-state index contributed by atoms with van der Waals surface area (Å²) in [4.78, 5) is 2.65. The van der Waals surface area contributed by atoms with Crippen LogP contribution < -0.4 is 5.32 Å². The molecule has 0 spiro atoms. The first-order chi connectivity index (χ1) is 8.38. The van der Waals surface area contributed by atoms with E-state index < -0.39 is 0 Å². The molecule has 3 heteroatoms. The van der Waals surface area contributed by atoms with Gasteiger partial charge in [-0.15, -0.1) is 0 Å². The van der Waals surface area contributed by atoms with Gasteiger partial charge < -0.3 is 10.1 Å². The van der Waals surface area contributed by atoms with Crippen molar-refractivity contribution in [3.05, 3.63) is 0 Å². The van der Waals surface area contributed by atoms with Crippen molar-refractivity contribution in [1.82, 2.24) is 10.2 Å². The van der Waals surface area contributed by atoms with Gasteiger partial charge in [0.2, 0.25) is 0 Å². The van der Waals surface area contributed by atoms with Gasteiger partial charge in [-0.1, -0.05) is 6.92 Å². The fourth-order valence-corrected chi connectivity index (χ4v) is 2.60. The predicted octanol–water partition coefficient (Wildman–Crippen LogP) is 2.27. The van der Waals surface area contributed by atoms with Gasteiger partial charge in [-0.3, -0.25) is 4.90 Å². The van der Waals surface area contributed by atoms with Crippen molar-refractivity contribution in [3.63, 3.8) is 0 Å². The van der Waals surface area contributed by atoms with E-state index in [1.54, 1.807) is 0 Å². The second-order valence-electron chi connectivity index (χ2n) is 4.89. The van der Waals surface area contributed by atoms with Crippen LogP contribution in [0.15, 0.2) is 0 Å². The third kappa shape index (κ3) is 6.39. The van der Waals surface area contributed by atoms with Gasteiger partial charge in [-0.25, -0.2) is 0 Å². The highest BCUT2D eigenvalue weighted by Gasteiger charge is 2.21. The summed E-state index contributed by atoms with van der Waals surface area (Å²) in [7, 11) is 0. The highest BCUT2D eigenvalue weighted by Crippen LogP contribution is 2.18. The Hall–Kier alpha value is -0.120. The average Bonchev–Trinajstić information content (AvgIpc) is 2.80. The molecule has 0 radical (unpaired) electrons. The van der Waals surface area contributed by atoms with Crippen LogP contribution in [0.5, 0.6) is 0 Å². The minimum absolute atomic E-state index is 0.848. The smallest absolute Gasteiger partial charge is 0.0466 e. The molecule has 0 aromatic rings. The molecule has 0 bridgehead atoms. The Kier molecular flexibility index (Phi) is 8.67. The van der Waals surface area contributed by atoms with Gasteiger partial charge in [0.05, 0.1) is 0 Å². The van der Waals surface area contributed by atoms with Crippen molar-refractivity contribution in [2.24, 2.45) is 0 Å². The fourth-order valence-electron chi connectivity index (χ4n) is 2.60. The van der Waals surface area contributed by atoms with Crippen LogP contribution >= 0.6 is 0 Å². The number of hydrogen-bond donors (Lipinski definition) is 1. The quantitative estimate of drug-likeness (QED) is 0.595. The highest BCUT2D eigenvalue weighted by molar-refractivity contribution is 4.78. The van der Waals surface area contributed by atoms with E-state index in [0.29, 0.717) is 0 Å². The molecule has 0 amide bonds. The van der Waals surface area contributed by atoms with Crippen LogP contribution in [0, 0.1) is 0 Å². The number of nitrogens with one attached hydrogen (secondary N) is 1. The normalized spacial score (nSPS) is 21.2. The van der Waals surface area contributed by atoms with Gasteiger partial charge >= 0.3 is 0 Å². The Balaban J connectivity index is 1.87. The lowest BCUT2D eigenvalue weighted by atomic mass is 10.2. The molecule has 0 aliphatic carbocycles. The van der Waals surface area contributed by atoms with Gasteiger partial charge in [0.1, 0.15) is 0 Å². The minimum atomic E-state index is 0.848. The monoisotopic (exact) mass is 242 g/mol. The van der Waals surface area contributed by atoms with Crippen LogP contribution in [0.25, 0.3) is 0 Å². The number of nitrogens with zero attached hydrogens (tertiary/aromatic N) is 1. The molecule has 1 rings (SSSR count). The highest BCUT2D eigenvalue weighted by atomic mass is 16.5. The molecule has 1 heterocycles. The Morgan fingerprint density at radius 1 is 1.24 bits per heavy atom. The molecule has 0 aromatic heterocycles. The average molecular weight is 242 g/mol. The van der Waals surface area contributed by atoms with Gasteiger partial charge in [0.15, 0.2) is 0 Å². The van der Waals surface area contributed by atoms with Crippen LogP contribution in [0.2, 0.25) is 0 Å². The number of hydrogen-bond acceptors (Lipinski definition) is 3. The van der Waals surface area contributed by atoms with Crippen molar-refractivity contribution in [2.45, 2.75) is 52.0 Å². The number of rotatable bonds is 10. The maximum Gasteiger partial charge on any atom is 0.0466 e. The van der Waals surface area contributed by atoms with Crippen molar-refractivity contribution in [1.29, 1.82) is 0 Å². The zero-order chi connectivity index (χ0) is 12.3. The molecule has 0 aromatic carbocycles. The van der Waals surface area contributed by atoms with Crippen molar-refractivity contribution in [2.75, 3.05) is 39.4 Å². The van der Waals surface area contributed by atoms with Crippen LogP contribution in [-0.2, 0) is 4.74 Å². The van der Waals surface area contributed by atoms with Gasteiger partial charge in [0.25, 0.3) is 0 Å². The number of unbranched alkanes of at least 4 members (excludes halogenated alkanes) is 1. The van der Waals surface area contributed by atoms with E-state index in [0.717, 1.165) is 32.3 Å². The number of ether oxygens (including phenoxy) is 1. The Bertz CT molecular complexity index is 176. The van der Waals surface area contributed by atoms with Crippen LogP contribution in [0.4, 0.5) is 0 Å². The van der Waals surface area contributed by atoms with E-state index in [1.165, 1.54) is 45.2 Å². The SMILES string of the molecule is CCOCCCCNCCN1CCCC1CC. The topological polar surface area (TPSA) is 24.5 Å². The molecule has 1 saturated heterocycles. The molecular formula is C14H30N2O. The summed E-state index contributed by atoms with van der Waals surface area (Å²) >= 11 is 0. The molecule has 1 aliphatic heterocycles. The summed E-state index contributed by atoms with van der Waals surface area (Å²) in [5.74, 6) is 0. The summed E-state index contributed by atoms with van der Waals surface area (Å²) in [6.07, 6.45) is 6.53. The summed E-state index contributed by atoms with van der Waals surface area (Å²) in [5, 5.41) is 3.54. The zero-order valence-corrected chi connectivity index (χ0v) is 11.7. The van der Waals surface area contributed by atoms with Gasteiger partial charge in [-0.05, 0) is 52.1 Å². The largest absolute Gasteiger partial charge is 0.382 e. The van der Waals surface area contributed by atoms with Crippen LogP contribution in [0.3, 0.4) is 0 Å². The lowest BCUT2D eigenvalue weighted by molar-refractivity contribution is 0.143. The first-order valence-electron chi connectivity index (χ1n) is 7.41. The van der Waals surface area contributed by atoms with Crippen molar-refractivity contribution >= 4 is 0 Å². The van der Waals surface area contributed by atoms with E-state index in [9.17, 15) is 0 Å². The van der Waals surface area contributed by atoms with E-state index in [1.807, 2.05) is 0 Å². The predicted molar refractivity (Wildman–Crippen MR) is 73.5 cm³/mol. The maximum atomic E-state index is 5.31. The molecule has 1 unspecified atom stereocenters. The molecule has 17 heavy (non-hydrogen) atoms. The second-order valence-corrected chi connectivity index (χ2v) is 4.89. The summed E-state index contributed by atoms with van der Waals surface area (Å²) in [5.41, 5.74) is 0. The second kappa shape index (κ2) is 9.86. The molecule has 1 atom stereocenters. The van der Waals surface area contributed by atoms with Crippen molar-refractivity contribution in [3.8, 4) is 0 Å². The Labute approximate surface area is 107 Å². The van der Waals surface area contributed by atoms with Crippen LogP contribution in [0.1, 0.15) is 46.0 Å². The third-order valence-corrected chi connectivity index (χ3v) is 3.64. The van der Waals surface area contributed by atoms with Gasteiger partial charge in [0, 0.05) is 32.3 Å². The molecule has 0 saturated carbocycles. The van der Waals surface area contributed by atoms with Gasteiger partial charge in [-0.2, -0.15) is 0 Å². The van der Waals surface area contributed by atoms with E-state index in [4.69, 9.17) is 4.74 Å². The van der Waals surface area contributed by atoms with E-state index >= 15 is 0 Å². The molecule has 1 fully saturated rings. The van der Waals surface area contributed by atoms with E-state index in [-0.39, 0.29) is 0 Å². The maximum absolute atomic E-state index is 5.31. The molecule has 1 aliphatic rings. The molecular weight excluding hydrogens is 212 g/mol. The summed E-state index contributed by atoms with van der Waals surface area (Å²) in [6.45, 7) is 10.9. The molecule has 1 N–H and O–H groups in total. The first kappa shape index (κ1) is 14.9. The Morgan fingerprint density at radius 2 is 2.12 bits per heavy atom. The van der Waals surface area contributed by atoms with Crippen molar-refractivity contribution < 1.29 is 4.74 Å². The minimum Gasteiger partial charge on any atom is -0.382 e. The molecule has 3 nitrogen and oxygen atoms in total. The zero-order valence-electron chi connectivity index (χ0n) is 11.7. The standard InChI is InChI=1S/C14H30N2O/c1-3-14-8-7-11-16(14)12-10-15-9-5-6-13-17-4-2/h14-15H,3-13H2,1-2H3. The Morgan fingerprint density at radius 3 is 2.88 bits per heavy atom. The fraction of sp³-hybridized carbons (Fsp3) is 1.00. The lowest BCUT2D eigenvalue weighted by Crippen LogP contribution is -2.35.